The molecule has 0 unspecified atom stereocenters. The predicted octanol–water partition coefficient (Wildman–Crippen LogP) is 2.88. The highest BCUT2D eigenvalue weighted by Gasteiger charge is 2.13. The summed E-state index contributed by atoms with van der Waals surface area (Å²) in [5, 5.41) is 3.38. The summed E-state index contributed by atoms with van der Waals surface area (Å²) in [5.74, 6) is 1.89. The Morgan fingerprint density at radius 3 is 2.73 bits per heavy atom. The van der Waals surface area contributed by atoms with Crippen molar-refractivity contribution in [1.29, 1.82) is 0 Å². The third kappa shape index (κ3) is 3.43. The summed E-state index contributed by atoms with van der Waals surface area (Å²) < 4.78 is 16.1. The fraction of sp³-hybridized carbons (Fsp3) is 0.188. The van der Waals surface area contributed by atoms with E-state index in [1.807, 2.05) is 0 Å². The Bertz CT molecular complexity index is 672. The van der Waals surface area contributed by atoms with Crippen LogP contribution in [-0.2, 0) is 0 Å². The van der Waals surface area contributed by atoms with Gasteiger partial charge in [-0.3, -0.25) is 4.79 Å². The average molecular weight is 320 g/mol. The van der Waals surface area contributed by atoms with Crippen molar-refractivity contribution in [3.63, 3.8) is 0 Å². The maximum absolute atomic E-state index is 11.9. The zero-order valence-electron chi connectivity index (χ0n) is 11.7. The van der Waals surface area contributed by atoms with Crippen molar-refractivity contribution in [3.05, 3.63) is 53.1 Å². The first kappa shape index (κ1) is 14.5. The molecular weight excluding hydrogens is 306 g/mol. The number of carbonyl (C=O) groups excluding carboxylic acids is 1. The number of amides is 1. The van der Waals surface area contributed by atoms with Gasteiger partial charge in [0.2, 0.25) is 6.79 Å². The molecule has 114 valence electrons. The van der Waals surface area contributed by atoms with Gasteiger partial charge in [-0.25, -0.2) is 0 Å². The van der Waals surface area contributed by atoms with Crippen LogP contribution in [-0.4, -0.2) is 25.9 Å². The molecule has 0 atom stereocenters. The zero-order chi connectivity index (χ0) is 15.4. The molecule has 0 aromatic heterocycles. The van der Waals surface area contributed by atoms with E-state index < -0.39 is 0 Å². The van der Waals surface area contributed by atoms with Gasteiger partial charge in [-0.05, 0) is 36.4 Å². The number of benzene rings is 2. The van der Waals surface area contributed by atoms with Crippen molar-refractivity contribution in [3.8, 4) is 17.2 Å². The van der Waals surface area contributed by atoms with Crippen LogP contribution in [0.1, 0.15) is 10.4 Å². The molecule has 3 rings (SSSR count). The van der Waals surface area contributed by atoms with E-state index in [0.29, 0.717) is 41.0 Å². The molecule has 0 saturated carbocycles. The molecule has 1 N–H and O–H groups in total. The number of rotatable bonds is 5. The van der Waals surface area contributed by atoms with Crippen LogP contribution >= 0.6 is 11.6 Å². The van der Waals surface area contributed by atoms with E-state index in [1.165, 1.54) is 0 Å². The molecule has 2 aromatic rings. The summed E-state index contributed by atoms with van der Waals surface area (Å²) in [5.41, 5.74) is 0.562. The van der Waals surface area contributed by atoms with Gasteiger partial charge in [0.1, 0.15) is 12.4 Å². The summed E-state index contributed by atoms with van der Waals surface area (Å²) in [6.07, 6.45) is 0. The van der Waals surface area contributed by atoms with Crippen LogP contribution in [0.25, 0.3) is 0 Å². The maximum atomic E-state index is 11.9. The van der Waals surface area contributed by atoms with Gasteiger partial charge < -0.3 is 19.5 Å². The maximum Gasteiger partial charge on any atom is 0.251 e. The molecular formula is C16H14ClNO4. The Morgan fingerprint density at radius 2 is 1.91 bits per heavy atom. The van der Waals surface area contributed by atoms with Crippen molar-refractivity contribution < 1.29 is 19.0 Å². The Kier molecular flexibility index (Phi) is 4.34. The number of nitrogens with one attached hydrogen (secondary N) is 1. The first-order valence-electron chi connectivity index (χ1n) is 6.78. The second-order valence-corrected chi connectivity index (χ2v) is 5.06. The predicted molar refractivity (Wildman–Crippen MR) is 81.8 cm³/mol. The van der Waals surface area contributed by atoms with E-state index in [0.717, 1.165) is 0 Å². The number of fused-ring (bicyclic) bond motifs is 1. The lowest BCUT2D eigenvalue weighted by atomic mass is 10.2. The van der Waals surface area contributed by atoms with Gasteiger partial charge in [-0.2, -0.15) is 0 Å². The van der Waals surface area contributed by atoms with Crippen molar-refractivity contribution >= 4 is 17.5 Å². The highest BCUT2D eigenvalue weighted by atomic mass is 35.5. The van der Waals surface area contributed by atoms with E-state index in [2.05, 4.69) is 5.32 Å². The summed E-state index contributed by atoms with van der Waals surface area (Å²) in [4.78, 5) is 11.9. The summed E-state index contributed by atoms with van der Waals surface area (Å²) >= 11 is 5.78. The van der Waals surface area contributed by atoms with Gasteiger partial charge in [0.05, 0.1) is 6.54 Å². The Labute approximate surface area is 132 Å². The van der Waals surface area contributed by atoms with Gasteiger partial charge in [0.15, 0.2) is 11.5 Å². The van der Waals surface area contributed by atoms with E-state index in [9.17, 15) is 4.79 Å². The second kappa shape index (κ2) is 6.58. The van der Waals surface area contributed by atoms with Crippen LogP contribution in [0.2, 0.25) is 5.02 Å². The molecule has 0 radical (unpaired) electrons. The van der Waals surface area contributed by atoms with E-state index in [-0.39, 0.29) is 12.7 Å². The lowest BCUT2D eigenvalue weighted by molar-refractivity contribution is 0.0947. The first-order valence-corrected chi connectivity index (χ1v) is 7.16. The molecule has 6 heteroatoms. The molecule has 1 aliphatic rings. The molecule has 0 spiro atoms. The minimum atomic E-state index is -0.161. The third-order valence-corrected chi connectivity index (χ3v) is 3.36. The number of hydrogen-bond acceptors (Lipinski definition) is 4. The fourth-order valence-corrected chi connectivity index (χ4v) is 2.13. The van der Waals surface area contributed by atoms with Crippen molar-refractivity contribution in [2.24, 2.45) is 0 Å². The molecule has 1 aliphatic heterocycles. The molecule has 22 heavy (non-hydrogen) atoms. The minimum absolute atomic E-state index is 0.161. The summed E-state index contributed by atoms with van der Waals surface area (Å²) in [7, 11) is 0. The van der Waals surface area contributed by atoms with E-state index in [4.69, 9.17) is 25.8 Å². The van der Waals surface area contributed by atoms with Crippen LogP contribution in [0.4, 0.5) is 0 Å². The smallest absolute Gasteiger partial charge is 0.251 e. The number of halogens is 1. The molecule has 1 heterocycles. The quantitative estimate of drug-likeness (QED) is 0.861. The fourth-order valence-electron chi connectivity index (χ4n) is 2.00. The molecule has 0 saturated heterocycles. The molecule has 2 aromatic carbocycles. The van der Waals surface area contributed by atoms with E-state index in [1.54, 1.807) is 42.5 Å². The second-order valence-electron chi connectivity index (χ2n) is 4.63. The van der Waals surface area contributed by atoms with Gasteiger partial charge in [0.25, 0.3) is 5.91 Å². The Balaban J connectivity index is 1.45. The molecule has 0 fully saturated rings. The van der Waals surface area contributed by atoms with E-state index >= 15 is 0 Å². The first-order chi connectivity index (χ1) is 10.7. The third-order valence-electron chi connectivity index (χ3n) is 3.11. The van der Waals surface area contributed by atoms with Crippen molar-refractivity contribution in [1.82, 2.24) is 5.32 Å². The minimum Gasteiger partial charge on any atom is -0.492 e. The zero-order valence-corrected chi connectivity index (χ0v) is 12.4. The van der Waals surface area contributed by atoms with Crippen molar-refractivity contribution in [2.45, 2.75) is 0 Å². The molecule has 5 nitrogen and oxygen atoms in total. The van der Waals surface area contributed by atoms with Gasteiger partial charge in [-0.1, -0.05) is 11.6 Å². The Hall–Kier alpha value is -2.40. The van der Waals surface area contributed by atoms with Crippen LogP contribution in [0.5, 0.6) is 17.2 Å². The van der Waals surface area contributed by atoms with Gasteiger partial charge in [0, 0.05) is 16.7 Å². The highest BCUT2D eigenvalue weighted by molar-refractivity contribution is 6.30. The van der Waals surface area contributed by atoms with Gasteiger partial charge in [-0.15, -0.1) is 0 Å². The summed E-state index contributed by atoms with van der Waals surface area (Å²) in [6, 6.07) is 12.1. The normalized spacial score (nSPS) is 12.0. The van der Waals surface area contributed by atoms with Crippen LogP contribution in [0.15, 0.2) is 42.5 Å². The average Bonchev–Trinajstić information content (AvgIpc) is 2.99. The molecule has 1 amide bonds. The van der Waals surface area contributed by atoms with Gasteiger partial charge >= 0.3 is 0 Å². The number of hydrogen-bond donors (Lipinski definition) is 1. The van der Waals surface area contributed by atoms with Crippen LogP contribution < -0.4 is 19.5 Å². The monoisotopic (exact) mass is 319 g/mol. The molecule has 0 bridgehead atoms. The molecule has 0 aliphatic carbocycles. The lowest BCUT2D eigenvalue weighted by Gasteiger charge is -2.08. The standard InChI is InChI=1S/C16H14ClNO4/c17-12-3-1-11(2-4-12)16(19)18-7-8-20-13-5-6-14-15(9-13)22-10-21-14/h1-6,9H,7-8,10H2,(H,18,19). The number of carbonyl (C=O) groups is 1. The topological polar surface area (TPSA) is 56.8 Å². The van der Waals surface area contributed by atoms with Crippen molar-refractivity contribution in [2.75, 3.05) is 19.9 Å². The van der Waals surface area contributed by atoms with Crippen LogP contribution in [0, 0.1) is 0 Å². The van der Waals surface area contributed by atoms with Crippen LogP contribution in [0.3, 0.4) is 0 Å². The Morgan fingerprint density at radius 1 is 1.14 bits per heavy atom. The SMILES string of the molecule is O=C(NCCOc1ccc2c(c1)OCO2)c1ccc(Cl)cc1. The number of ether oxygens (including phenoxy) is 3. The lowest BCUT2D eigenvalue weighted by Crippen LogP contribution is -2.28. The highest BCUT2D eigenvalue weighted by Crippen LogP contribution is 2.34. The summed E-state index contributed by atoms with van der Waals surface area (Å²) in [6.45, 7) is 0.991. The largest absolute Gasteiger partial charge is 0.492 e.